The van der Waals surface area contributed by atoms with Gasteiger partial charge in [0.2, 0.25) is 0 Å². The standard InChI is InChI=1S/C79H55NSi2/c1-5-26-56(27-6-1)57-28-23-37-64(52-57)82(77-48-21-16-43-71(77)72-44-17-22-49-78(72)82)66-39-25-34-61(54-66)80(60-33-24-38-65(53-60)81(63-35-11-4-12-36-63)75-46-19-14-41-69(75)70-42-15-20-47-76(70)81)62-50-51-68-67-40-13-18-45-73(67)79(74(68)55-62,58-29-7-2-8-30-58)59-31-9-3-10-32-59/h1-55H. The third kappa shape index (κ3) is 6.91. The highest BCUT2D eigenvalue weighted by atomic mass is 28.3. The maximum atomic E-state index is 2.59. The minimum Gasteiger partial charge on any atom is -0.311 e. The van der Waals surface area contributed by atoms with Crippen LogP contribution < -0.4 is 46.4 Å². The molecular weight excluding hydrogens is 1020 g/mol. The molecule has 1 aliphatic carbocycles. The Kier molecular flexibility index (Phi) is 11.2. The third-order valence-corrected chi connectivity index (χ3v) is 28.0. The molecule has 0 fully saturated rings. The first-order chi connectivity index (χ1) is 40.7. The average Bonchev–Trinajstić information content (AvgIpc) is 4.30. The van der Waals surface area contributed by atoms with Gasteiger partial charge in [0.05, 0.1) is 5.41 Å². The van der Waals surface area contributed by atoms with E-state index in [1.807, 2.05) is 0 Å². The molecule has 0 bridgehead atoms. The van der Waals surface area contributed by atoms with E-state index in [0.29, 0.717) is 0 Å². The Balaban J connectivity index is 0.985. The van der Waals surface area contributed by atoms with Gasteiger partial charge in [0.15, 0.2) is 16.1 Å². The average molecular weight is 1070 g/mol. The molecule has 13 aromatic rings. The summed E-state index contributed by atoms with van der Waals surface area (Å²) < 4.78 is 0. The predicted molar refractivity (Wildman–Crippen MR) is 349 cm³/mol. The molecule has 3 aliphatic rings. The van der Waals surface area contributed by atoms with E-state index in [1.165, 1.54) is 108 Å². The van der Waals surface area contributed by atoms with Crippen molar-refractivity contribution in [3.8, 4) is 44.5 Å². The number of hydrogen-bond acceptors (Lipinski definition) is 1. The van der Waals surface area contributed by atoms with Crippen molar-refractivity contribution in [3.05, 3.63) is 356 Å². The van der Waals surface area contributed by atoms with E-state index in [4.69, 9.17) is 0 Å². The number of rotatable bonds is 10. The zero-order chi connectivity index (χ0) is 54.2. The Morgan fingerprint density at radius 3 is 1.09 bits per heavy atom. The first-order valence-electron chi connectivity index (χ1n) is 28.7. The normalized spacial score (nSPS) is 14.1. The second kappa shape index (κ2) is 19.1. The van der Waals surface area contributed by atoms with Crippen LogP contribution in [-0.4, -0.2) is 16.1 Å². The lowest BCUT2D eigenvalue weighted by atomic mass is 9.67. The van der Waals surface area contributed by atoms with Gasteiger partial charge in [-0.15, -0.1) is 0 Å². The summed E-state index contributed by atoms with van der Waals surface area (Å²) in [5.74, 6) is 0. The molecule has 0 radical (unpaired) electrons. The summed E-state index contributed by atoms with van der Waals surface area (Å²) >= 11 is 0. The summed E-state index contributed by atoms with van der Waals surface area (Å²) in [6.07, 6.45) is 0. The number of nitrogens with zero attached hydrogens (tertiary/aromatic N) is 1. The molecule has 0 N–H and O–H groups in total. The van der Waals surface area contributed by atoms with E-state index < -0.39 is 21.6 Å². The van der Waals surface area contributed by atoms with E-state index >= 15 is 0 Å². The Bertz CT molecular complexity index is 4460. The molecule has 0 spiro atoms. The number of fused-ring (bicyclic) bond motifs is 9. The van der Waals surface area contributed by atoms with Crippen LogP contribution in [-0.2, 0) is 5.41 Å². The highest BCUT2D eigenvalue weighted by molar-refractivity contribution is 7.23. The molecule has 2 heterocycles. The van der Waals surface area contributed by atoms with Crippen molar-refractivity contribution in [1.29, 1.82) is 0 Å². The molecule has 13 aromatic carbocycles. The van der Waals surface area contributed by atoms with Gasteiger partial charge < -0.3 is 4.90 Å². The van der Waals surface area contributed by atoms with Crippen LogP contribution in [0.15, 0.2) is 334 Å². The van der Waals surface area contributed by atoms with Gasteiger partial charge >= 0.3 is 0 Å². The van der Waals surface area contributed by atoms with E-state index in [0.717, 1.165) is 17.1 Å². The van der Waals surface area contributed by atoms with Gasteiger partial charge in [0, 0.05) is 17.1 Å². The molecule has 0 unspecified atom stereocenters. The van der Waals surface area contributed by atoms with Crippen molar-refractivity contribution in [2.75, 3.05) is 4.90 Å². The molecule has 3 heteroatoms. The molecule has 0 atom stereocenters. The summed E-state index contributed by atoms with van der Waals surface area (Å²) in [5.41, 5.74) is 18.1. The summed E-state index contributed by atoms with van der Waals surface area (Å²) in [4.78, 5) is 2.59. The number of anilines is 3. The van der Waals surface area contributed by atoms with Gasteiger partial charge in [-0.2, -0.15) is 0 Å². The highest BCUT2D eigenvalue weighted by Gasteiger charge is 2.51. The predicted octanol–water partition coefficient (Wildman–Crippen LogP) is 13.9. The monoisotopic (exact) mass is 1070 g/mol. The van der Waals surface area contributed by atoms with Crippen molar-refractivity contribution >= 4 is 74.7 Å². The Morgan fingerprint density at radius 2 is 0.573 bits per heavy atom. The Hall–Kier alpha value is -9.91. The molecule has 0 saturated carbocycles. The Labute approximate surface area is 482 Å². The zero-order valence-corrected chi connectivity index (χ0v) is 47.2. The SMILES string of the molecule is c1ccc(-c2cccc([Si]3(c4cccc(N(c5cccc([Si]6(c7ccccc7)c7ccccc7-c7ccccc76)c5)c5ccc6c(c5)C(c5ccccc5)(c5ccccc5)c5ccccc5-6)c4)c4ccccc4-c4ccccc43)c2)cc1. The lowest BCUT2D eigenvalue weighted by Crippen LogP contribution is -2.73. The Morgan fingerprint density at radius 1 is 0.220 bits per heavy atom. The summed E-state index contributed by atoms with van der Waals surface area (Å²) in [6.45, 7) is 0. The van der Waals surface area contributed by atoms with Crippen LogP contribution in [0, 0.1) is 0 Å². The molecule has 1 nitrogen and oxygen atoms in total. The largest absolute Gasteiger partial charge is 0.311 e. The minimum absolute atomic E-state index is 0.584. The number of hydrogen-bond donors (Lipinski definition) is 0. The number of benzene rings is 13. The summed E-state index contributed by atoms with van der Waals surface area (Å²) in [6, 6.07) is 127. The van der Waals surface area contributed by atoms with Gasteiger partial charge in [-0.3, -0.25) is 0 Å². The first-order valence-corrected chi connectivity index (χ1v) is 32.7. The van der Waals surface area contributed by atoms with Crippen LogP contribution in [0.5, 0.6) is 0 Å². The van der Waals surface area contributed by atoms with Gasteiger partial charge in [0.25, 0.3) is 0 Å². The van der Waals surface area contributed by atoms with Crippen molar-refractivity contribution in [2.45, 2.75) is 5.41 Å². The maximum absolute atomic E-state index is 3.03. The van der Waals surface area contributed by atoms with E-state index in [1.54, 1.807) is 0 Å². The maximum Gasteiger partial charge on any atom is 0.180 e. The van der Waals surface area contributed by atoms with Crippen molar-refractivity contribution in [2.24, 2.45) is 0 Å². The molecule has 0 saturated heterocycles. The molecule has 16 rings (SSSR count). The van der Waals surface area contributed by atoms with Crippen LogP contribution >= 0.6 is 0 Å². The van der Waals surface area contributed by atoms with E-state index in [9.17, 15) is 0 Å². The quantitative estimate of drug-likeness (QED) is 0.123. The molecule has 82 heavy (non-hydrogen) atoms. The van der Waals surface area contributed by atoms with Gasteiger partial charge in [-0.25, -0.2) is 0 Å². The van der Waals surface area contributed by atoms with Crippen LogP contribution in [0.25, 0.3) is 44.5 Å². The van der Waals surface area contributed by atoms with Crippen LogP contribution in [0.4, 0.5) is 17.1 Å². The lowest BCUT2D eigenvalue weighted by Gasteiger charge is -2.36. The fourth-order valence-electron chi connectivity index (χ4n) is 15.1. The van der Waals surface area contributed by atoms with Gasteiger partial charge in [-0.05, 0) is 145 Å². The van der Waals surface area contributed by atoms with Crippen LogP contribution in [0.3, 0.4) is 0 Å². The molecule has 384 valence electrons. The molecule has 0 amide bonds. The fourth-order valence-corrected chi connectivity index (χ4v) is 25.5. The molecule has 0 aromatic heterocycles. The summed E-state index contributed by atoms with van der Waals surface area (Å²) in [7, 11) is -5.92. The summed E-state index contributed by atoms with van der Waals surface area (Å²) in [5, 5.41) is 11.2. The third-order valence-electron chi connectivity index (χ3n) is 18.3. The fraction of sp³-hybridized carbons (Fsp3) is 0.0127. The highest BCUT2D eigenvalue weighted by Crippen LogP contribution is 2.57. The van der Waals surface area contributed by atoms with Crippen molar-refractivity contribution in [3.63, 3.8) is 0 Å². The van der Waals surface area contributed by atoms with E-state index in [2.05, 4.69) is 339 Å². The van der Waals surface area contributed by atoms with Crippen molar-refractivity contribution in [1.82, 2.24) is 0 Å². The zero-order valence-electron chi connectivity index (χ0n) is 45.2. The van der Waals surface area contributed by atoms with Gasteiger partial charge in [-0.1, -0.05) is 297 Å². The van der Waals surface area contributed by atoms with E-state index in [-0.39, 0.29) is 0 Å². The second-order valence-corrected chi connectivity index (χ2v) is 29.7. The minimum atomic E-state index is -3.03. The van der Waals surface area contributed by atoms with Crippen LogP contribution in [0.1, 0.15) is 22.3 Å². The van der Waals surface area contributed by atoms with Crippen LogP contribution in [0.2, 0.25) is 0 Å². The smallest absolute Gasteiger partial charge is 0.180 e. The first kappa shape index (κ1) is 48.0. The lowest BCUT2D eigenvalue weighted by molar-refractivity contribution is 0.768. The molecule has 2 aliphatic heterocycles. The molecular formula is C79H55NSi2. The topological polar surface area (TPSA) is 3.24 Å². The second-order valence-electron chi connectivity index (χ2n) is 22.2. The van der Waals surface area contributed by atoms with Gasteiger partial charge in [0.1, 0.15) is 0 Å². The van der Waals surface area contributed by atoms with Crippen molar-refractivity contribution < 1.29 is 0 Å².